The van der Waals surface area contributed by atoms with Crippen molar-refractivity contribution in [1.29, 1.82) is 0 Å². The molecule has 23 heavy (non-hydrogen) atoms. The minimum absolute atomic E-state index is 0.0672. The van der Waals surface area contributed by atoms with E-state index in [1.54, 1.807) is 0 Å². The zero-order chi connectivity index (χ0) is 16.6. The number of fused-ring (bicyclic) bond motifs is 1. The van der Waals surface area contributed by atoms with Crippen LogP contribution in [0.1, 0.15) is 59.3 Å². The van der Waals surface area contributed by atoms with Gasteiger partial charge >= 0.3 is 0 Å². The van der Waals surface area contributed by atoms with Crippen LogP contribution in [0.3, 0.4) is 0 Å². The second-order valence-electron chi connectivity index (χ2n) is 8.41. The molecule has 0 aromatic rings. The van der Waals surface area contributed by atoms with Crippen molar-refractivity contribution in [3.8, 4) is 0 Å². The van der Waals surface area contributed by atoms with Crippen LogP contribution in [0.2, 0.25) is 0 Å². The lowest BCUT2D eigenvalue weighted by Gasteiger charge is -2.34. The highest BCUT2D eigenvalue weighted by Gasteiger charge is 2.41. The zero-order valence-corrected chi connectivity index (χ0v) is 14.8. The Hall–Kier alpha value is -1.10. The summed E-state index contributed by atoms with van der Waals surface area (Å²) < 4.78 is 0. The minimum Gasteiger partial charge on any atom is -0.350 e. The molecule has 0 saturated carbocycles. The molecule has 130 valence electrons. The fraction of sp³-hybridized carbons (Fsp3) is 0.889. The number of amides is 2. The number of hydrogen-bond donors (Lipinski definition) is 1. The molecule has 3 aliphatic rings. The van der Waals surface area contributed by atoms with E-state index in [1.165, 1.54) is 25.8 Å². The topological polar surface area (TPSA) is 52.7 Å². The van der Waals surface area contributed by atoms with Gasteiger partial charge < -0.3 is 10.2 Å². The van der Waals surface area contributed by atoms with Crippen molar-refractivity contribution in [2.45, 2.75) is 77.4 Å². The SMILES string of the molecule is CC(C)(C)C(=O)N1CCC[C@@H]1C(=O)N[C@@H]1CCN2CCCC[C@H]12. The van der Waals surface area contributed by atoms with E-state index in [1.807, 2.05) is 25.7 Å². The van der Waals surface area contributed by atoms with E-state index in [9.17, 15) is 9.59 Å². The molecule has 3 aliphatic heterocycles. The summed E-state index contributed by atoms with van der Waals surface area (Å²) in [5.41, 5.74) is -0.420. The Morgan fingerprint density at radius 1 is 0.957 bits per heavy atom. The lowest BCUT2D eigenvalue weighted by atomic mass is 9.94. The van der Waals surface area contributed by atoms with Crippen molar-refractivity contribution < 1.29 is 9.59 Å². The Balaban J connectivity index is 1.62. The van der Waals surface area contributed by atoms with Gasteiger partial charge in [-0.2, -0.15) is 0 Å². The van der Waals surface area contributed by atoms with E-state index in [4.69, 9.17) is 0 Å². The van der Waals surface area contributed by atoms with Gasteiger partial charge in [0.15, 0.2) is 0 Å². The molecule has 0 spiro atoms. The van der Waals surface area contributed by atoms with Crippen molar-refractivity contribution in [1.82, 2.24) is 15.1 Å². The molecule has 0 aliphatic carbocycles. The molecule has 3 rings (SSSR count). The third kappa shape index (κ3) is 3.39. The summed E-state index contributed by atoms with van der Waals surface area (Å²) in [4.78, 5) is 29.7. The molecule has 0 radical (unpaired) electrons. The first kappa shape index (κ1) is 16.7. The number of rotatable bonds is 2. The number of carbonyl (C=O) groups is 2. The summed E-state index contributed by atoms with van der Waals surface area (Å²) in [6.07, 6.45) is 6.53. The average molecular weight is 321 g/mol. The summed E-state index contributed by atoms with van der Waals surface area (Å²) in [6.45, 7) is 8.78. The van der Waals surface area contributed by atoms with Gasteiger partial charge in [-0.05, 0) is 38.6 Å². The van der Waals surface area contributed by atoms with E-state index in [-0.39, 0.29) is 23.9 Å². The lowest BCUT2D eigenvalue weighted by Crippen LogP contribution is -2.54. The van der Waals surface area contributed by atoms with E-state index < -0.39 is 5.41 Å². The number of nitrogens with one attached hydrogen (secondary N) is 1. The predicted molar refractivity (Wildman–Crippen MR) is 89.9 cm³/mol. The van der Waals surface area contributed by atoms with Crippen molar-refractivity contribution in [3.63, 3.8) is 0 Å². The maximum absolute atomic E-state index is 12.8. The van der Waals surface area contributed by atoms with Crippen molar-refractivity contribution >= 4 is 11.8 Å². The van der Waals surface area contributed by atoms with Crippen LogP contribution in [0.15, 0.2) is 0 Å². The summed E-state index contributed by atoms with van der Waals surface area (Å²) in [6, 6.07) is 0.523. The molecule has 5 nitrogen and oxygen atoms in total. The van der Waals surface area contributed by atoms with Crippen molar-refractivity contribution in [3.05, 3.63) is 0 Å². The smallest absolute Gasteiger partial charge is 0.243 e. The summed E-state index contributed by atoms with van der Waals surface area (Å²) in [5.74, 6) is 0.165. The largest absolute Gasteiger partial charge is 0.350 e. The Kier molecular flexibility index (Phi) is 4.68. The second kappa shape index (κ2) is 6.42. The van der Waals surface area contributed by atoms with Crippen LogP contribution < -0.4 is 5.32 Å². The number of hydrogen-bond acceptors (Lipinski definition) is 3. The van der Waals surface area contributed by atoms with Crippen LogP contribution in [0, 0.1) is 5.41 Å². The highest BCUT2D eigenvalue weighted by molar-refractivity contribution is 5.90. The maximum atomic E-state index is 12.8. The minimum atomic E-state index is -0.420. The van der Waals surface area contributed by atoms with E-state index in [2.05, 4.69) is 10.2 Å². The van der Waals surface area contributed by atoms with Crippen LogP contribution in [0.5, 0.6) is 0 Å². The van der Waals surface area contributed by atoms with Gasteiger partial charge in [-0.15, -0.1) is 0 Å². The Bertz CT molecular complexity index is 471. The van der Waals surface area contributed by atoms with Crippen molar-refractivity contribution in [2.75, 3.05) is 19.6 Å². The molecule has 0 bridgehead atoms. The fourth-order valence-electron chi connectivity index (χ4n) is 4.41. The van der Waals surface area contributed by atoms with Crippen molar-refractivity contribution in [2.24, 2.45) is 5.41 Å². The predicted octanol–water partition coefficient (Wildman–Crippen LogP) is 1.77. The van der Waals surface area contributed by atoms with Gasteiger partial charge in [-0.1, -0.05) is 27.2 Å². The first-order valence-electron chi connectivity index (χ1n) is 9.23. The third-order valence-electron chi connectivity index (χ3n) is 5.64. The summed E-state index contributed by atoms with van der Waals surface area (Å²) >= 11 is 0. The van der Waals surface area contributed by atoms with Gasteiger partial charge in [0.1, 0.15) is 6.04 Å². The van der Waals surface area contributed by atoms with Crippen LogP contribution in [-0.2, 0) is 9.59 Å². The number of nitrogens with zero attached hydrogens (tertiary/aromatic N) is 2. The quantitative estimate of drug-likeness (QED) is 0.843. The van der Waals surface area contributed by atoms with Gasteiger partial charge in [0.25, 0.3) is 0 Å². The second-order valence-corrected chi connectivity index (χ2v) is 8.41. The molecule has 2 amide bonds. The summed E-state index contributed by atoms with van der Waals surface area (Å²) in [5, 5.41) is 3.28. The molecule has 1 N–H and O–H groups in total. The molecule has 3 fully saturated rings. The summed E-state index contributed by atoms with van der Waals surface area (Å²) in [7, 11) is 0. The third-order valence-corrected chi connectivity index (χ3v) is 5.64. The Labute approximate surface area is 139 Å². The Morgan fingerprint density at radius 2 is 1.74 bits per heavy atom. The molecule has 3 heterocycles. The van der Waals surface area contributed by atoms with E-state index in [0.717, 1.165) is 25.8 Å². The Morgan fingerprint density at radius 3 is 2.48 bits per heavy atom. The van der Waals surface area contributed by atoms with Crippen LogP contribution in [0.25, 0.3) is 0 Å². The fourth-order valence-corrected chi connectivity index (χ4v) is 4.41. The molecule has 0 unspecified atom stereocenters. The molecular formula is C18H31N3O2. The number of piperidine rings is 1. The van der Waals surface area contributed by atoms with Crippen LogP contribution >= 0.6 is 0 Å². The average Bonchev–Trinajstić information content (AvgIpc) is 3.13. The van der Waals surface area contributed by atoms with Gasteiger partial charge in [0.05, 0.1) is 0 Å². The zero-order valence-electron chi connectivity index (χ0n) is 14.8. The van der Waals surface area contributed by atoms with Gasteiger partial charge in [-0.3, -0.25) is 14.5 Å². The molecule has 0 aromatic heterocycles. The van der Waals surface area contributed by atoms with Gasteiger partial charge in [0.2, 0.25) is 11.8 Å². The molecule has 3 saturated heterocycles. The molecular weight excluding hydrogens is 290 g/mol. The number of carbonyl (C=O) groups excluding carboxylic acids is 2. The highest BCUT2D eigenvalue weighted by atomic mass is 16.2. The van der Waals surface area contributed by atoms with Crippen LogP contribution in [-0.4, -0.2) is 59.4 Å². The molecule has 3 atom stereocenters. The van der Waals surface area contributed by atoms with Gasteiger partial charge in [0, 0.05) is 30.6 Å². The highest BCUT2D eigenvalue weighted by Crippen LogP contribution is 2.29. The lowest BCUT2D eigenvalue weighted by molar-refractivity contribution is -0.144. The van der Waals surface area contributed by atoms with E-state index in [0.29, 0.717) is 12.6 Å². The first-order valence-corrected chi connectivity index (χ1v) is 9.23. The maximum Gasteiger partial charge on any atom is 0.243 e. The monoisotopic (exact) mass is 321 g/mol. The van der Waals surface area contributed by atoms with Gasteiger partial charge in [-0.25, -0.2) is 0 Å². The van der Waals surface area contributed by atoms with Crippen LogP contribution in [0.4, 0.5) is 0 Å². The first-order chi connectivity index (χ1) is 10.9. The number of likely N-dealkylation sites (tertiary alicyclic amines) is 1. The molecule has 5 heteroatoms. The van der Waals surface area contributed by atoms with E-state index >= 15 is 0 Å². The molecule has 0 aromatic carbocycles. The standard InChI is InChI=1S/C18H31N3O2/c1-18(2,3)17(23)21-11-6-8-15(21)16(22)19-13-9-12-20-10-5-4-7-14(13)20/h13-15H,4-12H2,1-3H3,(H,19,22)/t13-,14-,15-/m1/s1. The normalized spacial score (nSPS) is 32.0.